The number of hydrogen-bond donors (Lipinski definition) is 1. The van der Waals surface area contributed by atoms with Crippen LogP contribution in [0.2, 0.25) is 0 Å². The topological polar surface area (TPSA) is 70.5 Å². The van der Waals surface area contributed by atoms with Crippen LogP contribution in [0.1, 0.15) is 46.6 Å². The standard InChI is InChI=1S/C36H37N5O2/c1-2-32(28-11-5-3-6-12-28)38-35(42)34-30-15-9-10-16-31(30)36(43)41(29-13-7-4-8-14-29)33(34)26-40-23-21-39(22-24-40)25-27-17-19-37-20-18-27/h3-20,32H,2,21-26H2,1H3,(H,38,42)/t32-/m0/s1. The van der Waals surface area contributed by atoms with E-state index in [1.54, 1.807) is 4.57 Å². The zero-order valence-corrected chi connectivity index (χ0v) is 24.5. The fourth-order valence-electron chi connectivity index (χ4n) is 6.05. The van der Waals surface area contributed by atoms with Gasteiger partial charge in [-0.05, 0) is 47.9 Å². The number of carbonyl (C=O) groups excluding carboxylic acids is 1. The molecule has 1 aliphatic rings. The van der Waals surface area contributed by atoms with Crippen LogP contribution in [0.5, 0.6) is 0 Å². The molecule has 6 rings (SSSR count). The third kappa shape index (κ3) is 6.28. The van der Waals surface area contributed by atoms with Gasteiger partial charge in [0.2, 0.25) is 0 Å². The molecule has 0 saturated carbocycles. The number of aromatic nitrogens is 2. The number of hydrogen-bond acceptors (Lipinski definition) is 5. The van der Waals surface area contributed by atoms with Crippen LogP contribution in [0.4, 0.5) is 0 Å². The van der Waals surface area contributed by atoms with Gasteiger partial charge in [0.1, 0.15) is 0 Å². The molecule has 43 heavy (non-hydrogen) atoms. The van der Waals surface area contributed by atoms with E-state index in [4.69, 9.17) is 0 Å². The van der Waals surface area contributed by atoms with Gasteiger partial charge in [-0.2, -0.15) is 0 Å². The van der Waals surface area contributed by atoms with E-state index in [1.165, 1.54) is 5.56 Å². The van der Waals surface area contributed by atoms with Crippen LogP contribution in [0.3, 0.4) is 0 Å². The van der Waals surface area contributed by atoms with Gasteiger partial charge in [0.05, 0.1) is 17.3 Å². The second-order valence-corrected chi connectivity index (χ2v) is 11.1. The molecule has 0 aliphatic carbocycles. The van der Waals surface area contributed by atoms with Gasteiger partial charge < -0.3 is 5.32 Å². The van der Waals surface area contributed by atoms with Crippen molar-refractivity contribution in [2.24, 2.45) is 0 Å². The number of amides is 1. The third-order valence-corrected chi connectivity index (χ3v) is 8.34. The molecule has 3 heterocycles. The number of pyridine rings is 2. The van der Waals surface area contributed by atoms with Gasteiger partial charge >= 0.3 is 0 Å². The average molecular weight is 572 g/mol. The van der Waals surface area contributed by atoms with Gasteiger partial charge in [-0.15, -0.1) is 0 Å². The Balaban J connectivity index is 1.39. The lowest BCUT2D eigenvalue weighted by Crippen LogP contribution is -2.46. The van der Waals surface area contributed by atoms with Crippen molar-refractivity contribution < 1.29 is 4.79 Å². The summed E-state index contributed by atoms with van der Waals surface area (Å²) in [6.07, 6.45) is 4.42. The summed E-state index contributed by atoms with van der Waals surface area (Å²) in [6, 6.07) is 31.2. The molecule has 1 N–H and O–H groups in total. The van der Waals surface area contributed by atoms with Gasteiger partial charge in [-0.3, -0.25) is 28.9 Å². The second kappa shape index (κ2) is 13.2. The summed E-state index contributed by atoms with van der Waals surface area (Å²) < 4.78 is 1.75. The fraction of sp³-hybridized carbons (Fsp3) is 0.250. The van der Waals surface area contributed by atoms with Crippen molar-refractivity contribution in [3.63, 3.8) is 0 Å². The molecular formula is C36H37N5O2. The van der Waals surface area contributed by atoms with E-state index < -0.39 is 0 Å². The number of benzene rings is 3. The molecule has 2 aromatic heterocycles. The van der Waals surface area contributed by atoms with Crippen molar-refractivity contribution >= 4 is 16.7 Å². The van der Waals surface area contributed by atoms with Crippen molar-refractivity contribution in [2.45, 2.75) is 32.5 Å². The van der Waals surface area contributed by atoms with Crippen molar-refractivity contribution in [2.75, 3.05) is 26.2 Å². The summed E-state index contributed by atoms with van der Waals surface area (Å²) in [5.41, 5.74) is 4.24. The smallest absolute Gasteiger partial charge is 0.263 e. The summed E-state index contributed by atoms with van der Waals surface area (Å²) in [5.74, 6) is -0.164. The maximum Gasteiger partial charge on any atom is 0.263 e. The summed E-state index contributed by atoms with van der Waals surface area (Å²) in [6.45, 7) is 6.92. The normalized spacial score (nSPS) is 14.9. The van der Waals surface area contributed by atoms with Gasteiger partial charge in [-0.1, -0.05) is 73.7 Å². The molecule has 0 bridgehead atoms. The van der Waals surface area contributed by atoms with Gasteiger partial charge in [-0.25, -0.2) is 0 Å². The summed E-state index contributed by atoms with van der Waals surface area (Å²) in [5, 5.41) is 4.54. The van der Waals surface area contributed by atoms with Crippen molar-refractivity contribution in [3.05, 3.63) is 142 Å². The summed E-state index contributed by atoms with van der Waals surface area (Å²) >= 11 is 0. The molecule has 218 valence electrons. The zero-order valence-electron chi connectivity index (χ0n) is 24.5. The van der Waals surface area contributed by atoms with E-state index in [-0.39, 0.29) is 17.5 Å². The minimum absolute atomic E-state index is 0.111. The van der Waals surface area contributed by atoms with E-state index >= 15 is 0 Å². The molecule has 0 unspecified atom stereocenters. The molecule has 3 aromatic carbocycles. The first-order valence-electron chi connectivity index (χ1n) is 15.0. The minimum atomic E-state index is -0.164. The molecule has 0 radical (unpaired) electrons. The van der Waals surface area contributed by atoms with Crippen molar-refractivity contribution in [1.29, 1.82) is 0 Å². The molecule has 7 nitrogen and oxygen atoms in total. The first-order chi connectivity index (χ1) is 21.1. The predicted octanol–water partition coefficient (Wildman–Crippen LogP) is 5.58. The third-order valence-electron chi connectivity index (χ3n) is 8.34. The number of carbonyl (C=O) groups is 1. The first kappa shape index (κ1) is 28.5. The monoisotopic (exact) mass is 571 g/mol. The fourth-order valence-corrected chi connectivity index (χ4v) is 6.05. The number of nitrogens with zero attached hydrogens (tertiary/aromatic N) is 4. The lowest BCUT2D eigenvalue weighted by atomic mass is 9.99. The van der Waals surface area contributed by atoms with Crippen LogP contribution < -0.4 is 10.9 Å². The van der Waals surface area contributed by atoms with E-state index in [1.807, 2.05) is 97.3 Å². The number of para-hydroxylation sites is 1. The van der Waals surface area contributed by atoms with Crippen molar-refractivity contribution in [3.8, 4) is 5.69 Å². The molecule has 1 fully saturated rings. The summed E-state index contributed by atoms with van der Waals surface area (Å²) in [7, 11) is 0. The van der Waals surface area contributed by atoms with Crippen LogP contribution in [0.15, 0.2) is 114 Å². The minimum Gasteiger partial charge on any atom is -0.345 e. The SMILES string of the molecule is CC[C@H](NC(=O)c1c(CN2CCN(Cc3ccncc3)CC2)n(-c2ccccc2)c(=O)c2ccccc12)c1ccccc1. The molecule has 1 saturated heterocycles. The molecule has 0 spiro atoms. The number of fused-ring (bicyclic) bond motifs is 1. The van der Waals surface area contributed by atoms with Crippen LogP contribution in [0.25, 0.3) is 16.5 Å². The molecule has 1 amide bonds. The number of nitrogens with one attached hydrogen (secondary N) is 1. The Morgan fingerprint density at radius 1 is 0.767 bits per heavy atom. The highest BCUT2D eigenvalue weighted by atomic mass is 16.2. The Labute approximate surface area is 252 Å². The maximum atomic E-state index is 14.4. The molecular weight excluding hydrogens is 534 g/mol. The highest BCUT2D eigenvalue weighted by Gasteiger charge is 2.27. The Kier molecular flexibility index (Phi) is 8.72. The quantitative estimate of drug-likeness (QED) is 0.250. The van der Waals surface area contributed by atoms with Crippen LogP contribution >= 0.6 is 0 Å². The van der Waals surface area contributed by atoms with Crippen molar-refractivity contribution in [1.82, 2.24) is 24.7 Å². The molecule has 1 aliphatic heterocycles. The predicted molar refractivity (Wildman–Crippen MR) is 171 cm³/mol. The highest BCUT2D eigenvalue weighted by Crippen LogP contribution is 2.26. The average Bonchev–Trinajstić information content (AvgIpc) is 3.06. The Hall–Kier alpha value is -4.59. The summed E-state index contributed by atoms with van der Waals surface area (Å²) in [4.78, 5) is 37.4. The van der Waals surface area contributed by atoms with Crippen LogP contribution in [0, 0.1) is 0 Å². The van der Waals surface area contributed by atoms with E-state index in [9.17, 15) is 9.59 Å². The molecule has 1 atom stereocenters. The zero-order chi connectivity index (χ0) is 29.6. The number of piperazine rings is 1. The van der Waals surface area contributed by atoms with Gasteiger partial charge in [0.25, 0.3) is 11.5 Å². The molecule has 5 aromatic rings. The van der Waals surface area contributed by atoms with Gasteiger partial charge in [0.15, 0.2) is 0 Å². The second-order valence-electron chi connectivity index (χ2n) is 11.1. The number of rotatable bonds is 9. The first-order valence-corrected chi connectivity index (χ1v) is 15.0. The van der Waals surface area contributed by atoms with Gasteiger partial charge in [0, 0.05) is 68.1 Å². The molecule has 7 heteroatoms. The van der Waals surface area contributed by atoms with E-state index in [2.05, 4.69) is 39.2 Å². The lowest BCUT2D eigenvalue weighted by Gasteiger charge is -2.35. The van der Waals surface area contributed by atoms with E-state index in [0.29, 0.717) is 22.9 Å². The van der Waals surface area contributed by atoms with Crippen LogP contribution in [-0.4, -0.2) is 51.4 Å². The highest BCUT2D eigenvalue weighted by molar-refractivity contribution is 6.08. The lowest BCUT2D eigenvalue weighted by molar-refractivity contribution is 0.0930. The van der Waals surface area contributed by atoms with E-state index in [0.717, 1.165) is 56.1 Å². The Bertz CT molecular complexity index is 1730. The Morgan fingerprint density at radius 3 is 2.00 bits per heavy atom. The van der Waals surface area contributed by atoms with Crippen LogP contribution in [-0.2, 0) is 13.1 Å². The maximum absolute atomic E-state index is 14.4. The largest absolute Gasteiger partial charge is 0.345 e. The Morgan fingerprint density at radius 2 is 1.35 bits per heavy atom.